The molecular weight excluding hydrogens is 538 g/mol. The molecule has 0 radical (unpaired) electrons. The van der Waals surface area contributed by atoms with E-state index in [4.69, 9.17) is 14.5 Å². The number of carbonyl (C=O) groups excluding carboxylic acids is 1. The summed E-state index contributed by atoms with van der Waals surface area (Å²) in [5, 5.41) is 0. The Balaban J connectivity index is 1.26. The zero-order chi connectivity index (χ0) is 30.0. The van der Waals surface area contributed by atoms with Gasteiger partial charge >= 0.3 is 0 Å². The van der Waals surface area contributed by atoms with Gasteiger partial charge in [-0.1, -0.05) is 42.5 Å². The summed E-state index contributed by atoms with van der Waals surface area (Å²) in [6.45, 7) is 9.78. The van der Waals surface area contributed by atoms with Crippen molar-refractivity contribution in [1.29, 1.82) is 0 Å². The van der Waals surface area contributed by atoms with Crippen molar-refractivity contribution in [3.8, 4) is 5.75 Å². The maximum atomic E-state index is 13.2. The van der Waals surface area contributed by atoms with Gasteiger partial charge < -0.3 is 28.7 Å². The number of fused-ring (bicyclic) bond motifs is 1. The largest absolute Gasteiger partial charge is 0.497 e. The van der Waals surface area contributed by atoms with E-state index in [1.165, 1.54) is 5.56 Å². The number of likely N-dealkylation sites (N-methyl/N-ethyl adjacent to an activating group) is 1. The molecule has 0 spiro atoms. The van der Waals surface area contributed by atoms with Gasteiger partial charge in [0.25, 0.3) is 5.91 Å². The molecule has 0 N–H and O–H groups in total. The molecule has 4 aromatic rings. The molecule has 228 valence electrons. The first kappa shape index (κ1) is 30.6. The number of benzene rings is 3. The normalized spacial score (nSPS) is 14.9. The van der Waals surface area contributed by atoms with E-state index < -0.39 is 0 Å². The van der Waals surface area contributed by atoms with Gasteiger partial charge in [-0.2, -0.15) is 0 Å². The average Bonchev–Trinajstić information content (AvgIpc) is 3.25. The number of rotatable bonds is 13. The highest BCUT2D eigenvalue weighted by molar-refractivity contribution is 5.94. The molecule has 1 atom stereocenters. The number of nitrogens with zero attached hydrogens (tertiary/aromatic N) is 5. The molecule has 1 aromatic heterocycles. The van der Waals surface area contributed by atoms with E-state index in [0.717, 1.165) is 80.4 Å². The second kappa shape index (κ2) is 15.0. The lowest BCUT2D eigenvalue weighted by Crippen LogP contribution is -2.35. The van der Waals surface area contributed by atoms with Gasteiger partial charge in [-0.3, -0.25) is 4.79 Å². The summed E-state index contributed by atoms with van der Waals surface area (Å²) in [4.78, 5) is 25.1. The van der Waals surface area contributed by atoms with Crippen LogP contribution in [0.2, 0.25) is 0 Å². The van der Waals surface area contributed by atoms with Crippen LogP contribution in [0.3, 0.4) is 0 Å². The topological polar surface area (TPSA) is 63.1 Å². The molecule has 0 aliphatic carbocycles. The smallest absolute Gasteiger partial charge is 0.253 e. The molecule has 43 heavy (non-hydrogen) atoms. The minimum Gasteiger partial charge on any atom is -0.497 e. The van der Waals surface area contributed by atoms with Crippen molar-refractivity contribution in [2.75, 3.05) is 71.5 Å². The fourth-order valence-corrected chi connectivity index (χ4v) is 6.01. The van der Waals surface area contributed by atoms with Crippen molar-refractivity contribution in [3.05, 3.63) is 90.0 Å². The van der Waals surface area contributed by atoms with Crippen LogP contribution in [0.25, 0.3) is 11.0 Å². The van der Waals surface area contributed by atoms with Crippen molar-refractivity contribution < 1.29 is 14.3 Å². The van der Waals surface area contributed by atoms with Crippen molar-refractivity contribution >= 4 is 22.9 Å². The zero-order valence-electron chi connectivity index (χ0n) is 25.8. The maximum Gasteiger partial charge on any atom is 0.253 e. The molecule has 1 saturated heterocycles. The molecule has 8 nitrogen and oxygen atoms in total. The minimum absolute atomic E-state index is 0.0525. The number of methoxy groups -OCH3 is 1. The van der Waals surface area contributed by atoms with E-state index in [0.29, 0.717) is 19.8 Å². The van der Waals surface area contributed by atoms with Crippen LogP contribution in [0.5, 0.6) is 5.75 Å². The standard InChI is InChI=1S/C35H45N5O3/c1-4-43-26-25-40-33-14-9-8-13-32(33)36-35(40)39-21-10-20-38(23-24-39)22-19-30(28-15-17-31(42-3)18-16-28)27-37(2)34(41)29-11-6-5-7-12-29/h5-9,11-18,30H,4,10,19-27H2,1-3H3. The van der Waals surface area contributed by atoms with Crippen molar-refractivity contribution in [1.82, 2.24) is 19.4 Å². The SMILES string of the molecule is CCOCCn1c(N2CCCN(CCC(CN(C)C(=O)c3ccccc3)c3ccc(OC)cc3)CC2)nc2ccccc21. The van der Waals surface area contributed by atoms with Crippen LogP contribution in [0.4, 0.5) is 5.95 Å². The van der Waals surface area contributed by atoms with E-state index in [1.807, 2.05) is 61.3 Å². The number of imidazole rings is 1. The van der Waals surface area contributed by atoms with Crippen LogP contribution in [-0.2, 0) is 11.3 Å². The highest BCUT2D eigenvalue weighted by Gasteiger charge is 2.23. The summed E-state index contributed by atoms with van der Waals surface area (Å²) >= 11 is 0. The molecular formula is C35H45N5O3. The Hall–Kier alpha value is -3.88. The Labute approximate surface area is 255 Å². The third kappa shape index (κ3) is 7.75. The molecule has 0 bridgehead atoms. The first-order chi connectivity index (χ1) is 21.1. The third-order valence-electron chi connectivity index (χ3n) is 8.41. The Morgan fingerprint density at radius 2 is 1.70 bits per heavy atom. The molecule has 1 fully saturated rings. The number of ether oxygens (including phenoxy) is 2. The van der Waals surface area contributed by atoms with Gasteiger partial charge in [0.05, 0.1) is 24.8 Å². The summed E-state index contributed by atoms with van der Waals surface area (Å²) in [6.07, 6.45) is 2.04. The molecule has 0 saturated carbocycles. The number of hydrogen-bond donors (Lipinski definition) is 0. The molecule has 3 aromatic carbocycles. The second-order valence-corrected chi connectivity index (χ2v) is 11.2. The molecule has 1 aliphatic rings. The quantitative estimate of drug-likeness (QED) is 0.193. The molecule has 2 heterocycles. The predicted molar refractivity (Wildman–Crippen MR) is 173 cm³/mol. The van der Waals surface area contributed by atoms with Crippen LogP contribution >= 0.6 is 0 Å². The summed E-state index contributed by atoms with van der Waals surface area (Å²) in [5.41, 5.74) is 4.15. The summed E-state index contributed by atoms with van der Waals surface area (Å²) in [7, 11) is 3.60. The van der Waals surface area contributed by atoms with Gasteiger partial charge in [0.1, 0.15) is 5.75 Å². The molecule has 5 rings (SSSR count). The Bertz CT molecular complexity index is 1440. The van der Waals surface area contributed by atoms with Crippen LogP contribution < -0.4 is 9.64 Å². The summed E-state index contributed by atoms with van der Waals surface area (Å²) in [5.74, 6) is 2.15. The van der Waals surface area contributed by atoms with E-state index in [1.54, 1.807) is 7.11 Å². The Morgan fingerprint density at radius 1 is 0.930 bits per heavy atom. The number of anilines is 1. The fourth-order valence-electron chi connectivity index (χ4n) is 6.01. The third-order valence-corrected chi connectivity index (χ3v) is 8.41. The molecule has 1 aliphatic heterocycles. The molecule has 1 amide bonds. The average molecular weight is 584 g/mol. The van der Waals surface area contributed by atoms with Gasteiger partial charge in [0.2, 0.25) is 5.95 Å². The van der Waals surface area contributed by atoms with E-state index in [-0.39, 0.29) is 11.8 Å². The maximum absolute atomic E-state index is 13.2. The number of para-hydroxylation sites is 2. The molecule has 1 unspecified atom stereocenters. The van der Waals surface area contributed by atoms with E-state index in [2.05, 4.69) is 50.8 Å². The van der Waals surface area contributed by atoms with Crippen molar-refractivity contribution in [2.45, 2.75) is 32.2 Å². The van der Waals surface area contributed by atoms with E-state index in [9.17, 15) is 4.79 Å². The highest BCUT2D eigenvalue weighted by atomic mass is 16.5. The van der Waals surface area contributed by atoms with Crippen molar-refractivity contribution in [2.24, 2.45) is 0 Å². The van der Waals surface area contributed by atoms with Crippen LogP contribution in [0.15, 0.2) is 78.9 Å². The van der Waals surface area contributed by atoms with Gasteiger partial charge in [0.15, 0.2) is 0 Å². The number of amides is 1. The summed E-state index contributed by atoms with van der Waals surface area (Å²) in [6, 6.07) is 26.2. The lowest BCUT2D eigenvalue weighted by atomic mass is 9.94. The lowest BCUT2D eigenvalue weighted by molar-refractivity contribution is 0.0782. The highest BCUT2D eigenvalue weighted by Crippen LogP contribution is 2.26. The zero-order valence-corrected chi connectivity index (χ0v) is 25.8. The fraction of sp³-hybridized carbons (Fsp3) is 0.429. The predicted octanol–water partition coefficient (Wildman–Crippen LogP) is 5.54. The first-order valence-electron chi connectivity index (χ1n) is 15.5. The van der Waals surface area contributed by atoms with Gasteiger partial charge in [-0.05, 0) is 74.8 Å². The van der Waals surface area contributed by atoms with Crippen molar-refractivity contribution in [3.63, 3.8) is 0 Å². The monoisotopic (exact) mass is 583 g/mol. The Kier molecular flexibility index (Phi) is 10.7. The Morgan fingerprint density at radius 3 is 2.47 bits per heavy atom. The molecule has 8 heteroatoms. The minimum atomic E-state index is 0.0525. The van der Waals surface area contributed by atoms with E-state index >= 15 is 0 Å². The van der Waals surface area contributed by atoms with Crippen LogP contribution in [0.1, 0.15) is 41.6 Å². The number of aromatic nitrogens is 2. The number of hydrogen-bond acceptors (Lipinski definition) is 6. The number of carbonyl (C=O) groups is 1. The second-order valence-electron chi connectivity index (χ2n) is 11.2. The van der Waals surface area contributed by atoms with Gasteiger partial charge in [-0.15, -0.1) is 0 Å². The van der Waals surface area contributed by atoms with Gasteiger partial charge in [0, 0.05) is 57.9 Å². The van der Waals surface area contributed by atoms with Crippen LogP contribution in [-0.4, -0.2) is 91.9 Å². The van der Waals surface area contributed by atoms with Gasteiger partial charge in [-0.25, -0.2) is 4.98 Å². The first-order valence-corrected chi connectivity index (χ1v) is 15.5. The van der Waals surface area contributed by atoms with Crippen LogP contribution in [0, 0.1) is 0 Å². The lowest BCUT2D eigenvalue weighted by Gasteiger charge is -2.28. The summed E-state index contributed by atoms with van der Waals surface area (Å²) < 4.78 is 13.4.